The first kappa shape index (κ1) is 41.0. The van der Waals surface area contributed by atoms with Crippen LogP contribution in [0.5, 0.6) is 0 Å². The summed E-state index contributed by atoms with van der Waals surface area (Å²) in [5.41, 5.74) is 1.56. The molecule has 20 heteroatoms. The molecule has 6 aliphatic heterocycles. The highest BCUT2D eigenvalue weighted by atomic mass is 28.6. The molecule has 8 bridgehead atoms. The molecule has 6 aliphatic rings. The van der Waals surface area contributed by atoms with E-state index in [-0.39, 0.29) is 0 Å². The van der Waals surface area contributed by atoms with Gasteiger partial charge in [0.1, 0.15) is 0 Å². The molecule has 12 nitrogen and oxygen atoms in total. The molecule has 0 atom stereocenters. The van der Waals surface area contributed by atoms with E-state index >= 15 is 0 Å². The van der Waals surface area contributed by atoms with Crippen molar-refractivity contribution < 1.29 is 49.4 Å². The highest BCUT2D eigenvalue weighted by molar-refractivity contribution is 7.13. The molecular formula is C44H38O12Si8. The van der Waals surface area contributed by atoms with Crippen molar-refractivity contribution in [3.63, 3.8) is 0 Å². The molecule has 7 aromatic rings. The quantitative estimate of drug-likeness (QED) is 0.209. The van der Waals surface area contributed by atoms with Gasteiger partial charge in [-0.2, -0.15) is 0 Å². The van der Waals surface area contributed by atoms with Crippen molar-refractivity contribution in [1.82, 2.24) is 0 Å². The second kappa shape index (κ2) is 15.3. The molecule has 0 spiro atoms. The summed E-state index contributed by atoms with van der Waals surface area (Å²) in [6.07, 6.45) is 0. The van der Waals surface area contributed by atoms with Gasteiger partial charge in [0.15, 0.2) is 0 Å². The molecule has 0 aliphatic carbocycles. The van der Waals surface area contributed by atoms with Crippen LogP contribution in [-0.2, 0) is 49.4 Å². The van der Waals surface area contributed by atoms with Crippen molar-refractivity contribution in [3.05, 3.63) is 225 Å². The summed E-state index contributed by atoms with van der Waals surface area (Å²) in [6.45, 7) is 4.39. The van der Waals surface area contributed by atoms with Crippen LogP contribution in [0.1, 0.15) is 0 Å². The van der Waals surface area contributed by atoms with Crippen LogP contribution in [0.25, 0.3) is 0 Å². The van der Waals surface area contributed by atoms with Crippen LogP contribution in [0.3, 0.4) is 0 Å². The average molecular weight is 983 g/mol. The largest absolute Gasteiger partial charge is 0.515 e. The van der Waals surface area contributed by atoms with E-state index in [1.807, 2.05) is 212 Å². The van der Waals surface area contributed by atoms with Crippen molar-refractivity contribution in [2.24, 2.45) is 0 Å². The molecular weight excluding hydrogens is 945 g/mol. The van der Waals surface area contributed by atoms with Gasteiger partial charge in [0.25, 0.3) is 0 Å². The molecule has 318 valence electrons. The highest BCUT2D eigenvalue weighted by Gasteiger charge is 2.85. The zero-order chi connectivity index (χ0) is 43.0. The smallest absolute Gasteiger partial charge is 0.366 e. The third-order valence-corrected chi connectivity index (χ3v) is 45.2. The summed E-state index contributed by atoms with van der Waals surface area (Å²) in [6, 6.07) is 66.7. The SMILES string of the molecule is C=C[Si]12O[Si]3(c4ccccc4)O[Si]4(c5ccccc5)O[Si](c5ccccc5)(O1)O[Si]1(c5ccccc5)O[Si](c5ccccc5)(O2)O[Si](c2ccccc2)(O3)O[Si](c2ccccc2)(O4)O1. The van der Waals surface area contributed by atoms with Crippen molar-refractivity contribution in [2.75, 3.05) is 0 Å². The van der Waals surface area contributed by atoms with Gasteiger partial charge in [-0.3, -0.25) is 0 Å². The van der Waals surface area contributed by atoms with Crippen LogP contribution in [0.2, 0.25) is 0 Å². The molecule has 6 fully saturated rings. The maximum absolute atomic E-state index is 8.01. The van der Waals surface area contributed by atoms with Crippen molar-refractivity contribution >= 4 is 107 Å². The lowest BCUT2D eigenvalue weighted by atomic mass is 10.4. The van der Waals surface area contributed by atoms with Crippen molar-refractivity contribution in [3.8, 4) is 0 Å². The van der Waals surface area contributed by atoms with Crippen molar-refractivity contribution in [1.29, 1.82) is 0 Å². The van der Waals surface area contributed by atoms with E-state index < -0.39 is 70.4 Å². The van der Waals surface area contributed by atoms with Gasteiger partial charge in [0.2, 0.25) is 0 Å². The van der Waals surface area contributed by atoms with Gasteiger partial charge >= 0.3 is 70.4 Å². The fourth-order valence-corrected chi connectivity index (χ4v) is 53.8. The summed E-state index contributed by atoms with van der Waals surface area (Å²) < 4.78 is 94.9. The fraction of sp³-hybridized carbons (Fsp3) is 0. The van der Waals surface area contributed by atoms with E-state index in [4.69, 9.17) is 49.4 Å². The molecule has 64 heavy (non-hydrogen) atoms. The van der Waals surface area contributed by atoms with E-state index in [0.717, 1.165) is 0 Å². The second-order valence-electron chi connectivity index (χ2n) is 15.5. The Bertz CT molecular complexity index is 2520. The molecule has 0 amide bonds. The topological polar surface area (TPSA) is 111 Å². The highest BCUT2D eigenvalue weighted by Crippen LogP contribution is 2.48. The van der Waals surface area contributed by atoms with Crippen LogP contribution in [0, 0.1) is 0 Å². The van der Waals surface area contributed by atoms with E-state index in [0.29, 0.717) is 36.3 Å². The Morgan fingerprint density at radius 1 is 0.219 bits per heavy atom. The van der Waals surface area contributed by atoms with Crippen LogP contribution >= 0.6 is 0 Å². The first-order chi connectivity index (χ1) is 31.3. The molecule has 0 N–H and O–H groups in total. The monoisotopic (exact) mass is 982 g/mol. The van der Waals surface area contributed by atoms with Gasteiger partial charge in [-0.15, -0.1) is 6.58 Å². The molecule has 0 unspecified atom stereocenters. The Morgan fingerprint density at radius 2 is 0.359 bits per heavy atom. The molecule has 0 radical (unpaired) electrons. The minimum atomic E-state index is -4.70. The number of rotatable bonds is 8. The lowest BCUT2D eigenvalue weighted by Crippen LogP contribution is -2.95. The Kier molecular flexibility index (Phi) is 9.80. The standard InChI is InChI=1S/C44H38O12Si8/c1-2-57-45-58(38-24-10-3-11-25-38)48-61(41-30-16-6-17-31-41)50-59(46-57,39-26-12-4-13-27-39)52-63(43-34-20-8-21-35-43)53-60(47-57,40-28-14-5-15-29-40)51-62(49-58,42-32-18-7-19-33-42)55-64(54-61,56-63)44-36-22-9-23-37-44/h2-37H,1H2. The molecule has 6 heterocycles. The lowest BCUT2D eigenvalue weighted by Gasteiger charge is -2.62. The van der Waals surface area contributed by atoms with Gasteiger partial charge < -0.3 is 49.4 Å². The lowest BCUT2D eigenvalue weighted by molar-refractivity contribution is -0.00332. The summed E-state index contributed by atoms with van der Waals surface area (Å²) in [4.78, 5) is 0. The van der Waals surface area contributed by atoms with E-state index in [2.05, 4.69) is 6.58 Å². The Morgan fingerprint density at radius 3 is 0.500 bits per heavy atom. The first-order valence-electron chi connectivity index (χ1n) is 20.7. The molecule has 0 saturated carbocycles. The Balaban J connectivity index is 1.30. The number of hydrogen-bond acceptors (Lipinski definition) is 12. The van der Waals surface area contributed by atoms with Crippen molar-refractivity contribution in [2.45, 2.75) is 0 Å². The molecule has 0 aromatic heterocycles. The van der Waals surface area contributed by atoms with Gasteiger partial charge in [0, 0.05) is 36.3 Å². The zero-order valence-electron chi connectivity index (χ0n) is 33.9. The van der Waals surface area contributed by atoms with Gasteiger partial charge in [-0.05, 0) is 5.70 Å². The predicted octanol–water partition coefficient (Wildman–Crippen LogP) is 2.84. The molecule has 6 saturated heterocycles. The predicted molar refractivity (Wildman–Crippen MR) is 252 cm³/mol. The van der Waals surface area contributed by atoms with Crippen LogP contribution < -0.4 is 36.3 Å². The minimum Gasteiger partial charge on any atom is -0.366 e. The molecule has 7 aromatic carbocycles. The zero-order valence-corrected chi connectivity index (χ0v) is 41.9. The number of hydrogen-bond donors (Lipinski definition) is 0. The van der Waals surface area contributed by atoms with Crippen LogP contribution in [-0.4, -0.2) is 70.4 Å². The number of benzene rings is 7. The van der Waals surface area contributed by atoms with Crippen LogP contribution in [0.4, 0.5) is 0 Å². The summed E-state index contributed by atoms with van der Waals surface area (Å²) in [5.74, 6) is 0. The summed E-state index contributed by atoms with van der Waals surface area (Å²) >= 11 is 0. The fourth-order valence-electron chi connectivity index (χ4n) is 8.51. The average Bonchev–Trinajstić information content (AvgIpc) is 3.33. The van der Waals surface area contributed by atoms with E-state index in [1.54, 1.807) is 5.70 Å². The Hall–Kier alpha value is -4.46. The Labute approximate surface area is 378 Å². The van der Waals surface area contributed by atoms with E-state index in [9.17, 15) is 0 Å². The second-order valence-corrected chi connectivity index (χ2v) is 38.7. The van der Waals surface area contributed by atoms with Gasteiger partial charge in [0.05, 0.1) is 0 Å². The maximum atomic E-state index is 8.01. The first-order valence-corrected chi connectivity index (χ1v) is 34.6. The van der Waals surface area contributed by atoms with Crippen LogP contribution in [0.15, 0.2) is 225 Å². The third-order valence-electron chi connectivity index (χ3n) is 11.4. The third kappa shape index (κ3) is 6.47. The minimum absolute atomic E-state index is 0.558. The van der Waals surface area contributed by atoms with Gasteiger partial charge in [-0.1, -0.05) is 212 Å². The molecule has 13 rings (SSSR count). The maximum Gasteiger partial charge on any atom is 0.515 e. The summed E-state index contributed by atoms with van der Waals surface area (Å²) in [5, 5.41) is 3.94. The summed E-state index contributed by atoms with van der Waals surface area (Å²) in [7, 11) is -37.2. The normalized spacial score (nSPS) is 35.0. The van der Waals surface area contributed by atoms with Gasteiger partial charge in [-0.25, -0.2) is 0 Å². The van der Waals surface area contributed by atoms with E-state index in [1.165, 1.54) is 0 Å².